The number of alkyl halides is 3. The zero-order valence-electron chi connectivity index (χ0n) is 20.2. The van der Waals surface area contributed by atoms with E-state index >= 15 is 0 Å². The number of halogens is 5. The molecule has 0 spiro atoms. The van der Waals surface area contributed by atoms with Crippen molar-refractivity contribution in [3.63, 3.8) is 0 Å². The molecule has 0 saturated carbocycles. The van der Waals surface area contributed by atoms with Crippen molar-refractivity contribution in [3.05, 3.63) is 86.3 Å². The number of nitrogens with zero attached hydrogens (tertiary/aromatic N) is 1. The molecule has 11 heteroatoms. The normalized spacial score (nSPS) is 12.7. The van der Waals surface area contributed by atoms with Gasteiger partial charge in [0.25, 0.3) is 5.56 Å². The molecule has 0 aliphatic heterocycles. The van der Waals surface area contributed by atoms with Crippen LogP contribution in [-0.4, -0.2) is 22.0 Å². The van der Waals surface area contributed by atoms with Gasteiger partial charge in [-0.05, 0) is 75.7 Å². The third kappa shape index (κ3) is 6.93. The summed E-state index contributed by atoms with van der Waals surface area (Å²) in [5.74, 6) is -1.11. The van der Waals surface area contributed by atoms with Crippen molar-refractivity contribution < 1.29 is 27.5 Å². The summed E-state index contributed by atoms with van der Waals surface area (Å²) >= 11 is 12.2. The maximum atomic E-state index is 13.5. The zero-order chi connectivity index (χ0) is 27.7. The molecule has 0 bridgehead atoms. The Kier molecular flexibility index (Phi) is 8.09. The average Bonchev–Trinajstić information content (AvgIpc) is 2.78. The molecule has 37 heavy (non-hydrogen) atoms. The maximum Gasteiger partial charge on any atom is 0.417 e. The van der Waals surface area contributed by atoms with Gasteiger partial charge in [-0.2, -0.15) is 13.2 Å². The predicted molar refractivity (Wildman–Crippen MR) is 136 cm³/mol. The Morgan fingerprint density at radius 1 is 0.973 bits per heavy atom. The Bertz CT molecular complexity index is 1390. The quantitative estimate of drug-likeness (QED) is 0.344. The predicted octanol–water partition coefficient (Wildman–Crippen LogP) is 7.00. The lowest BCUT2D eigenvalue weighted by Gasteiger charge is -2.20. The van der Waals surface area contributed by atoms with Gasteiger partial charge in [-0.3, -0.25) is 9.59 Å². The SMILES string of the molecule is CC(C(=O)Nc1ccc(C(=O)OC(C)(C)C)cc1)n1cc(Cl)c(-c2cc(Cl)ccc2C(F)(F)F)cc1=O. The lowest BCUT2D eigenvalue weighted by Crippen LogP contribution is -2.31. The molecule has 6 nitrogen and oxygen atoms in total. The van der Waals surface area contributed by atoms with Gasteiger partial charge >= 0.3 is 12.1 Å². The zero-order valence-corrected chi connectivity index (χ0v) is 21.8. The fourth-order valence-electron chi connectivity index (χ4n) is 3.42. The maximum absolute atomic E-state index is 13.5. The monoisotopic (exact) mass is 554 g/mol. The van der Waals surface area contributed by atoms with Crippen molar-refractivity contribution in [2.24, 2.45) is 0 Å². The van der Waals surface area contributed by atoms with Crippen LogP contribution >= 0.6 is 23.2 Å². The van der Waals surface area contributed by atoms with Gasteiger partial charge in [-0.15, -0.1) is 0 Å². The average molecular weight is 555 g/mol. The van der Waals surface area contributed by atoms with Gasteiger partial charge in [0, 0.05) is 28.5 Å². The smallest absolute Gasteiger partial charge is 0.417 e. The summed E-state index contributed by atoms with van der Waals surface area (Å²) in [5, 5.41) is 2.49. The Hall–Kier alpha value is -3.30. The van der Waals surface area contributed by atoms with Crippen LogP contribution in [0.4, 0.5) is 18.9 Å². The molecule has 0 fully saturated rings. The summed E-state index contributed by atoms with van der Waals surface area (Å²) in [6.07, 6.45) is -3.60. The number of aromatic nitrogens is 1. The van der Waals surface area contributed by atoms with Crippen LogP contribution in [-0.2, 0) is 15.7 Å². The summed E-state index contributed by atoms with van der Waals surface area (Å²) in [6.45, 7) is 6.66. The van der Waals surface area contributed by atoms with Crippen molar-refractivity contribution in [1.82, 2.24) is 4.57 Å². The highest BCUT2D eigenvalue weighted by Gasteiger charge is 2.34. The first kappa shape index (κ1) is 28.3. The number of amides is 1. The van der Waals surface area contributed by atoms with Crippen LogP contribution in [0.25, 0.3) is 11.1 Å². The third-order valence-electron chi connectivity index (χ3n) is 5.19. The summed E-state index contributed by atoms with van der Waals surface area (Å²) < 4.78 is 46.8. The van der Waals surface area contributed by atoms with Gasteiger partial charge < -0.3 is 14.6 Å². The molecular formula is C26H23Cl2F3N2O4. The van der Waals surface area contributed by atoms with Crippen molar-refractivity contribution in [1.29, 1.82) is 0 Å². The molecule has 1 unspecified atom stereocenters. The van der Waals surface area contributed by atoms with Crippen LogP contribution < -0.4 is 10.9 Å². The Morgan fingerprint density at radius 2 is 1.59 bits per heavy atom. The van der Waals surface area contributed by atoms with Crippen LogP contribution in [0.15, 0.2) is 59.5 Å². The minimum atomic E-state index is -4.70. The minimum Gasteiger partial charge on any atom is -0.456 e. The van der Waals surface area contributed by atoms with E-state index in [1.807, 2.05) is 0 Å². The molecule has 0 radical (unpaired) electrons. The number of pyridine rings is 1. The topological polar surface area (TPSA) is 77.4 Å². The van der Waals surface area contributed by atoms with Gasteiger partial charge in [0.2, 0.25) is 5.91 Å². The number of benzene rings is 2. The van der Waals surface area contributed by atoms with E-state index < -0.39 is 40.8 Å². The number of ether oxygens (including phenoxy) is 1. The van der Waals surface area contributed by atoms with Gasteiger partial charge in [0.1, 0.15) is 11.6 Å². The highest BCUT2D eigenvalue weighted by molar-refractivity contribution is 6.33. The van der Waals surface area contributed by atoms with E-state index in [4.69, 9.17) is 27.9 Å². The Labute approximate surface area is 221 Å². The van der Waals surface area contributed by atoms with E-state index in [1.54, 1.807) is 20.8 Å². The van der Waals surface area contributed by atoms with E-state index in [0.29, 0.717) is 11.3 Å². The number of carbonyl (C=O) groups is 2. The van der Waals surface area contributed by atoms with Gasteiger partial charge in [0.05, 0.1) is 16.1 Å². The van der Waals surface area contributed by atoms with Gasteiger partial charge in [0.15, 0.2) is 0 Å². The molecule has 3 rings (SSSR count). The minimum absolute atomic E-state index is 0.0358. The van der Waals surface area contributed by atoms with Crippen molar-refractivity contribution >= 4 is 40.8 Å². The first-order chi connectivity index (χ1) is 17.1. The second kappa shape index (κ2) is 10.6. The molecular weight excluding hydrogens is 532 g/mol. The number of rotatable bonds is 5. The first-order valence-corrected chi connectivity index (χ1v) is 11.8. The lowest BCUT2D eigenvalue weighted by molar-refractivity contribution is -0.137. The third-order valence-corrected chi connectivity index (χ3v) is 5.73. The van der Waals surface area contributed by atoms with E-state index in [9.17, 15) is 27.6 Å². The highest BCUT2D eigenvalue weighted by Crippen LogP contribution is 2.40. The number of carbonyl (C=O) groups excluding carboxylic acids is 2. The molecule has 0 aliphatic rings. The highest BCUT2D eigenvalue weighted by atomic mass is 35.5. The van der Waals surface area contributed by atoms with Crippen molar-refractivity contribution in [2.75, 3.05) is 5.32 Å². The second-order valence-electron chi connectivity index (χ2n) is 9.21. The fourth-order valence-corrected chi connectivity index (χ4v) is 3.85. The number of hydrogen-bond donors (Lipinski definition) is 1. The van der Waals surface area contributed by atoms with Crippen LogP contribution in [0.1, 0.15) is 49.7 Å². The molecule has 1 amide bonds. The number of hydrogen-bond acceptors (Lipinski definition) is 4. The Morgan fingerprint density at radius 3 is 2.16 bits per heavy atom. The molecule has 0 saturated heterocycles. The summed E-state index contributed by atoms with van der Waals surface area (Å²) in [5.41, 5.74) is -2.27. The van der Waals surface area contributed by atoms with Crippen LogP contribution in [0.3, 0.4) is 0 Å². The number of nitrogens with one attached hydrogen (secondary N) is 1. The molecule has 1 heterocycles. The number of esters is 1. The molecule has 196 valence electrons. The molecule has 1 atom stereocenters. The van der Waals surface area contributed by atoms with E-state index in [1.165, 1.54) is 31.2 Å². The van der Waals surface area contributed by atoms with Crippen LogP contribution in [0, 0.1) is 0 Å². The summed E-state index contributed by atoms with van der Waals surface area (Å²) in [7, 11) is 0. The summed E-state index contributed by atoms with van der Waals surface area (Å²) in [6, 6.07) is 8.81. The van der Waals surface area contributed by atoms with Crippen LogP contribution in [0.5, 0.6) is 0 Å². The van der Waals surface area contributed by atoms with Crippen LogP contribution in [0.2, 0.25) is 10.0 Å². The fraction of sp³-hybridized carbons (Fsp3) is 0.269. The van der Waals surface area contributed by atoms with Gasteiger partial charge in [-0.1, -0.05) is 23.2 Å². The summed E-state index contributed by atoms with van der Waals surface area (Å²) in [4.78, 5) is 37.7. The lowest BCUT2D eigenvalue weighted by atomic mass is 10.00. The molecule has 2 aromatic carbocycles. The van der Waals surface area contributed by atoms with E-state index in [-0.39, 0.29) is 21.2 Å². The van der Waals surface area contributed by atoms with Crippen molar-refractivity contribution in [2.45, 2.75) is 45.5 Å². The van der Waals surface area contributed by atoms with E-state index in [0.717, 1.165) is 35.0 Å². The molecule has 1 aromatic heterocycles. The molecule has 0 aliphatic carbocycles. The van der Waals surface area contributed by atoms with E-state index in [2.05, 4.69) is 5.32 Å². The standard InChI is InChI=1S/C26H23Cl2F3N2O4/c1-14(23(35)32-17-8-5-15(6-9-17)24(36)37-25(2,3)4)33-13-21(28)19(12-22(33)34)18-11-16(27)7-10-20(18)26(29,30)31/h5-14H,1-4H3,(H,32,35). The second-order valence-corrected chi connectivity index (χ2v) is 10.1. The van der Waals surface area contributed by atoms with Crippen molar-refractivity contribution in [3.8, 4) is 11.1 Å². The largest absolute Gasteiger partial charge is 0.456 e. The molecule has 3 aromatic rings. The Balaban J connectivity index is 1.84. The van der Waals surface area contributed by atoms with Gasteiger partial charge in [-0.25, -0.2) is 4.79 Å². The first-order valence-electron chi connectivity index (χ1n) is 11.0. The number of anilines is 1. The molecule has 1 N–H and O–H groups in total.